The summed E-state index contributed by atoms with van der Waals surface area (Å²) in [6, 6.07) is 3.02. The smallest absolute Gasteiger partial charge is 0.246 e. The van der Waals surface area contributed by atoms with Crippen molar-refractivity contribution >= 4 is 10.0 Å². The van der Waals surface area contributed by atoms with Crippen LogP contribution < -0.4 is 14.5 Å². The van der Waals surface area contributed by atoms with Gasteiger partial charge in [0.2, 0.25) is 10.0 Å². The molecule has 0 bridgehead atoms. The van der Waals surface area contributed by atoms with E-state index in [9.17, 15) is 17.2 Å². The molecule has 1 fully saturated rings. The van der Waals surface area contributed by atoms with Crippen LogP contribution in [-0.4, -0.2) is 54.7 Å². The van der Waals surface area contributed by atoms with Crippen molar-refractivity contribution in [3.63, 3.8) is 0 Å². The van der Waals surface area contributed by atoms with Gasteiger partial charge in [-0.15, -0.1) is 0 Å². The van der Waals surface area contributed by atoms with Crippen LogP contribution in [0, 0.1) is 11.6 Å². The fourth-order valence-electron chi connectivity index (χ4n) is 2.64. The molecular formula is C14H23F2N3O2S+2. The molecule has 0 amide bonds. The number of halogens is 2. The summed E-state index contributed by atoms with van der Waals surface area (Å²) in [4.78, 5) is 2.06. The zero-order valence-corrected chi connectivity index (χ0v) is 13.5. The van der Waals surface area contributed by atoms with Crippen molar-refractivity contribution in [2.45, 2.75) is 11.3 Å². The predicted octanol–water partition coefficient (Wildman–Crippen LogP) is -1.95. The van der Waals surface area contributed by atoms with Crippen molar-refractivity contribution < 1.29 is 27.0 Å². The van der Waals surface area contributed by atoms with Crippen molar-refractivity contribution in [3.8, 4) is 0 Å². The quantitative estimate of drug-likeness (QED) is 0.529. The Morgan fingerprint density at radius 1 is 1.14 bits per heavy atom. The topological polar surface area (TPSA) is 55.1 Å². The number of hydrogen-bond donors (Lipinski definition) is 3. The molecule has 1 aliphatic heterocycles. The number of sulfonamides is 1. The number of nitrogens with one attached hydrogen (secondary N) is 3. The Morgan fingerprint density at radius 3 is 2.32 bits per heavy atom. The molecule has 8 heteroatoms. The molecule has 0 aliphatic carbocycles. The van der Waals surface area contributed by atoms with Crippen molar-refractivity contribution in [3.05, 3.63) is 29.8 Å². The highest BCUT2D eigenvalue weighted by Gasteiger charge is 2.24. The van der Waals surface area contributed by atoms with E-state index in [1.165, 1.54) is 9.80 Å². The summed E-state index contributed by atoms with van der Waals surface area (Å²) in [6.45, 7) is 5.40. The molecule has 2 rings (SSSR count). The SMILES string of the molecule is C[NH+]1CC[NH+](CCCNS(=O)(=O)c2c(F)cccc2F)CC1. The molecule has 0 atom stereocenters. The monoisotopic (exact) mass is 335 g/mol. The van der Waals surface area contributed by atoms with Gasteiger partial charge in [-0.1, -0.05) is 6.07 Å². The summed E-state index contributed by atoms with van der Waals surface area (Å²) in [5, 5.41) is 0. The Morgan fingerprint density at radius 2 is 1.73 bits per heavy atom. The molecule has 1 aromatic rings. The second kappa shape index (κ2) is 7.45. The Kier molecular flexibility index (Phi) is 5.85. The summed E-state index contributed by atoms with van der Waals surface area (Å²) in [5.74, 6) is -2.14. The normalized spacial score (nSPS) is 22.7. The van der Waals surface area contributed by atoms with Gasteiger partial charge in [-0.3, -0.25) is 0 Å². The van der Waals surface area contributed by atoms with Crippen LogP contribution in [0.15, 0.2) is 23.1 Å². The largest absolute Gasteiger partial charge is 0.328 e. The number of piperazine rings is 1. The summed E-state index contributed by atoms with van der Waals surface area (Å²) in [6.07, 6.45) is 0.643. The van der Waals surface area contributed by atoms with Crippen LogP contribution in [0.5, 0.6) is 0 Å². The lowest BCUT2D eigenvalue weighted by atomic mass is 10.3. The zero-order valence-electron chi connectivity index (χ0n) is 12.7. The van der Waals surface area contributed by atoms with Gasteiger partial charge in [0, 0.05) is 13.0 Å². The van der Waals surface area contributed by atoms with E-state index in [1.54, 1.807) is 0 Å². The minimum absolute atomic E-state index is 0.183. The highest BCUT2D eigenvalue weighted by atomic mass is 32.2. The molecule has 124 valence electrons. The third kappa shape index (κ3) is 4.45. The van der Waals surface area contributed by atoms with Gasteiger partial charge in [-0.2, -0.15) is 0 Å². The maximum Gasteiger partial charge on any atom is 0.246 e. The fraction of sp³-hybridized carbons (Fsp3) is 0.571. The molecule has 0 radical (unpaired) electrons. The Hall–Kier alpha value is -1.09. The van der Waals surface area contributed by atoms with Crippen LogP contribution in [0.1, 0.15) is 6.42 Å². The highest BCUT2D eigenvalue weighted by Crippen LogP contribution is 2.17. The molecule has 1 saturated heterocycles. The average molecular weight is 335 g/mol. The first-order valence-corrected chi connectivity index (χ1v) is 8.97. The van der Waals surface area contributed by atoms with Crippen molar-refractivity contribution in [2.75, 3.05) is 46.3 Å². The molecule has 0 saturated carbocycles. The number of quaternary nitrogens is 2. The highest BCUT2D eigenvalue weighted by molar-refractivity contribution is 7.89. The second-order valence-corrected chi connectivity index (χ2v) is 7.46. The molecule has 0 unspecified atom stereocenters. The molecule has 1 aromatic carbocycles. The average Bonchev–Trinajstić information content (AvgIpc) is 2.45. The van der Waals surface area contributed by atoms with Gasteiger partial charge in [0.05, 0.1) is 13.6 Å². The van der Waals surface area contributed by atoms with Gasteiger partial charge in [-0.25, -0.2) is 21.9 Å². The van der Waals surface area contributed by atoms with Crippen LogP contribution in [0.4, 0.5) is 8.78 Å². The van der Waals surface area contributed by atoms with Crippen molar-refractivity contribution in [2.24, 2.45) is 0 Å². The number of benzene rings is 1. The van der Waals surface area contributed by atoms with Gasteiger partial charge in [0.1, 0.15) is 37.8 Å². The lowest BCUT2D eigenvalue weighted by Crippen LogP contribution is -3.27. The van der Waals surface area contributed by atoms with Gasteiger partial charge in [0.25, 0.3) is 0 Å². The molecular weight excluding hydrogens is 312 g/mol. The molecule has 22 heavy (non-hydrogen) atoms. The van der Waals surface area contributed by atoms with E-state index in [2.05, 4.69) is 11.8 Å². The van der Waals surface area contributed by atoms with E-state index < -0.39 is 26.6 Å². The number of hydrogen-bond acceptors (Lipinski definition) is 2. The standard InChI is InChI=1S/C14H21F2N3O2S/c1-18-8-10-19(11-9-18)7-3-6-17-22(20,21)14-12(15)4-2-5-13(14)16/h2,4-5,17H,3,6-11H2,1H3/p+2. The van der Waals surface area contributed by atoms with E-state index >= 15 is 0 Å². The summed E-state index contributed by atoms with van der Waals surface area (Å²) in [7, 11) is -1.99. The Labute approximate surface area is 130 Å². The second-order valence-electron chi connectivity index (χ2n) is 5.76. The summed E-state index contributed by atoms with van der Waals surface area (Å²) in [5.41, 5.74) is 0. The number of rotatable bonds is 6. The lowest BCUT2D eigenvalue weighted by Gasteiger charge is -2.27. The van der Waals surface area contributed by atoms with Crippen molar-refractivity contribution in [1.29, 1.82) is 0 Å². The van der Waals surface area contributed by atoms with Crippen LogP contribution in [0.2, 0.25) is 0 Å². The maximum absolute atomic E-state index is 13.5. The van der Waals surface area contributed by atoms with Crippen molar-refractivity contribution in [1.82, 2.24) is 4.72 Å². The minimum Gasteiger partial charge on any atom is -0.328 e. The van der Waals surface area contributed by atoms with Gasteiger partial charge in [-0.05, 0) is 12.1 Å². The van der Waals surface area contributed by atoms with E-state index in [0.29, 0.717) is 6.42 Å². The van der Waals surface area contributed by atoms with Crippen LogP contribution >= 0.6 is 0 Å². The molecule has 1 heterocycles. The Balaban J connectivity index is 1.83. The minimum atomic E-state index is -4.15. The van der Waals surface area contributed by atoms with Gasteiger partial charge < -0.3 is 9.80 Å². The first-order chi connectivity index (χ1) is 10.4. The molecule has 3 N–H and O–H groups in total. The molecule has 5 nitrogen and oxygen atoms in total. The van der Waals surface area contributed by atoms with E-state index in [-0.39, 0.29) is 6.54 Å². The fourth-order valence-corrected chi connectivity index (χ4v) is 3.84. The van der Waals surface area contributed by atoms with Crippen LogP contribution in [0.3, 0.4) is 0 Å². The molecule has 0 aromatic heterocycles. The van der Waals surface area contributed by atoms with Crippen LogP contribution in [0.25, 0.3) is 0 Å². The molecule has 1 aliphatic rings. The third-order valence-corrected chi connectivity index (χ3v) is 5.51. The lowest BCUT2D eigenvalue weighted by molar-refractivity contribution is -1.00. The summed E-state index contributed by atoms with van der Waals surface area (Å²) >= 11 is 0. The van der Waals surface area contributed by atoms with Crippen LogP contribution in [-0.2, 0) is 10.0 Å². The van der Waals surface area contributed by atoms with E-state index in [0.717, 1.165) is 50.9 Å². The van der Waals surface area contributed by atoms with Gasteiger partial charge in [0.15, 0.2) is 4.90 Å². The van der Waals surface area contributed by atoms with Gasteiger partial charge >= 0.3 is 0 Å². The third-order valence-electron chi connectivity index (χ3n) is 4.00. The number of likely N-dealkylation sites (N-methyl/N-ethyl adjacent to an activating group) is 1. The summed E-state index contributed by atoms with van der Waals surface area (Å²) < 4.78 is 53.2. The van der Waals surface area contributed by atoms with E-state index in [4.69, 9.17) is 0 Å². The first kappa shape index (κ1) is 17.3. The predicted molar refractivity (Wildman–Crippen MR) is 78.3 cm³/mol. The van der Waals surface area contributed by atoms with E-state index in [1.807, 2.05) is 0 Å². The Bertz CT molecular complexity index is 582. The first-order valence-electron chi connectivity index (χ1n) is 7.48. The molecule has 0 spiro atoms. The maximum atomic E-state index is 13.5. The zero-order chi connectivity index (χ0) is 16.2.